The largest absolute Gasteiger partial charge is 0.362 e. The molecule has 0 fully saturated rings. The average Bonchev–Trinajstić information content (AvgIpc) is 2.99. The Morgan fingerprint density at radius 2 is 1.87 bits per heavy atom. The fourth-order valence-electron chi connectivity index (χ4n) is 2.99. The predicted octanol–water partition coefficient (Wildman–Crippen LogP) is 3.00. The summed E-state index contributed by atoms with van der Waals surface area (Å²) in [6, 6.07) is 19.9. The second kappa shape index (κ2) is 6.97. The molecular weight excluding hydrogens is 286 g/mol. The Bertz CT molecular complexity index is 721. The smallest absolute Gasteiger partial charge is 0.246 e. The molecule has 0 unspecified atom stereocenters. The molecule has 2 aromatic rings. The van der Waals surface area contributed by atoms with E-state index in [9.17, 15) is 4.79 Å². The molecule has 23 heavy (non-hydrogen) atoms. The monoisotopic (exact) mass is 305 g/mol. The normalized spacial score (nSPS) is 12.6. The summed E-state index contributed by atoms with van der Waals surface area (Å²) in [4.78, 5) is 16.6. The fraction of sp³-hybridized carbons (Fsp3) is 0.263. The third-order valence-electron chi connectivity index (χ3n) is 4.13. The first-order chi connectivity index (χ1) is 11.3. The van der Waals surface area contributed by atoms with Gasteiger partial charge in [-0.1, -0.05) is 36.4 Å². The van der Waals surface area contributed by atoms with Crippen LogP contribution in [0.25, 0.3) is 0 Å². The van der Waals surface area contributed by atoms with E-state index in [1.54, 1.807) is 4.90 Å². The van der Waals surface area contributed by atoms with Gasteiger partial charge in [0.25, 0.3) is 0 Å². The first-order valence-electron chi connectivity index (χ1n) is 7.85. The summed E-state index contributed by atoms with van der Waals surface area (Å²) in [7, 11) is 0. The van der Waals surface area contributed by atoms with Crippen LogP contribution in [0.3, 0.4) is 0 Å². The van der Waals surface area contributed by atoms with Gasteiger partial charge in [-0.05, 0) is 30.2 Å². The third kappa shape index (κ3) is 3.35. The lowest BCUT2D eigenvalue weighted by Crippen LogP contribution is -2.40. The quantitative estimate of drug-likeness (QED) is 0.853. The number of carbonyl (C=O) groups excluding carboxylic acids is 1. The molecule has 0 spiro atoms. The van der Waals surface area contributed by atoms with Crippen LogP contribution in [-0.4, -0.2) is 25.5 Å². The molecule has 1 aliphatic heterocycles. The van der Waals surface area contributed by atoms with Crippen LogP contribution in [0.15, 0.2) is 54.6 Å². The molecule has 1 amide bonds. The van der Waals surface area contributed by atoms with Crippen molar-refractivity contribution in [2.75, 3.05) is 29.4 Å². The maximum atomic E-state index is 12.8. The van der Waals surface area contributed by atoms with Gasteiger partial charge in [0, 0.05) is 24.5 Å². The molecule has 0 atom stereocenters. The molecule has 0 saturated heterocycles. The highest BCUT2D eigenvalue weighted by atomic mass is 16.2. The van der Waals surface area contributed by atoms with E-state index in [0.717, 1.165) is 24.3 Å². The van der Waals surface area contributed by atoms with Crippen molar-refractivity contribution in [3.05, 3.63) is 60.2 Å². The lowest BCUT2D eigenvalue weighted by molar-refractivity contribution is -0.117. The Balaban J connectivity index is 1.76. The number of rotatable bonds is 5. The van der Waals surface area contributed by atoms with Gasteiger partial charge in [0.05, 0.1) is 19.0 Å². The SMILES string of the molecule is N#CCCN(C(=O)CN1CCc2ccccc21)c1ccccc1. The van der Waals surface area contributed by atoms with Crippen LogP contribution < -0.4 is 9.80 Å². The number of hydrogen-bond acceptors (Lipinski definition) is 3. The zero-order valence-electron chi connectivity index (χ0n) is 13.0. The number of anilines is 2. The number of para-hydroxylation sites is 2. The minimum absolute atomic E-state index is 0.0307. The van der Waals surface area contributed by atoms with Crippen molar-refractivity contribution in [1.82, 2.24) is 0 Å². The van der Waals surface area contributed by atoms with Gasteiger partial charge in [-0.2, -0.15) is 5.26 Å². The topological polar surface area (TPSA) is 47.3 Å². The predicted molar refractivity (Wildman–Crippen MR) is 91.4 cm³/mol. The van der Waals surface area contributed by atoms with Gasteiger partial charge in [-0.3, -0.25) is 4.79 Å². The molecule has 0 N–H and O–H groups in total. The maximum Gasteiger partial charge on any atom is 0.246 e. The van der Waals surface area contributed by atoms with E-state index in [4.69, 9.17) is 5.26 Å². The summed E-state index contributed by atoms with van der Waals surface area (Å²) < 4.78 is 0. The average molecular weight is 305 g/mol. The van der Waals surface area contributed by atoms with Crippen molar-refractivity contribution < 1.29 is 4.79 Å². The van der Waals surface area contributed by atoms with Crippen molar-refractivity contribution >= 4 is 17.3 Å². The lowest BCUT2D eigenvalue weighted by atomic mass is 10.2. The molecule has 0 saturated carbocycles. The van der Waals surface area contributed by atoms with E-state index >= 15 is 0 Å². The zero-order chi connectivity index (χ0) is 16.1. The second-order valence-electron chi connectivity index (χ2n) is 5.59. The Kier molecular flexibility index (Phi) is 4.58. The Hall–Kier alpha value is -2.80. The summed E-state index contributed by atoms with van der Waals surface area (Å²) in [5, 5.41) is 8.86. The van der Waals surface area contributed by atoms with Crippen molar-refractivity contribution in [3.8, 4) is 6.07 Å². The highest BCUT2D eigenvalue weighted by Gasteiger charge is 2.23. The maximum absolute atomic E-state index is 12.8. The number of nitriles is 1. The number of benzene rings is 2. The standard InChI is InChI=1S/C19H19N3O/c20-12-6-13-22(17-8-2-1-3-9-17)19(23)15-21-14-11-16-7-4-5-10-18(16)21/h1-5,7-10H,6,11,13-15H2. The molecule has 0 radical (unpaired) electrons. The highest BCUT2D eigenvalue weighted by molar-refractivity contribution is 5.96. The van der Waals surface area contributed by atoms with E-state index in [1.165, 1.54) is 5.56 Å². The minimum Gasteiger partial charge on any atom is -0.362 e. The summed E-state index contributed by atoms with van der Waals surface area (Å²) in [5.74, 6) is 0.0307. The second-order valence-corrected chi connectivity index (χ2v) is 5.59. The molecule has 1 aliphatic rings. The van der Waals surface area contributed by atoms with E-state index in [1.807, 2.05) is 42.5 Å². The van der Waals surface area contributed by atoms with Crippen molar-refractivity contribution in [1.29, 1.82) is 5.26 Å². The lowest BCUT2D eigenvalue weighted by Gasteiger charge is -2.26. The summed E-state index contributed by atoms with van der Waals surface area (Å²) in [6.45, 7) is 1.64. The molecule has 3 rings (SSSR count). The molecule has 116 valence electrons. The van der Waals surface area contributed by atoms with Gasteiger partial charge in [0.2, 0.25) is 5.91 Å². The number of carbonyl (C=O) groups is 1. The molecule has 1 heterocycles. The van der Waals surface area contributed by atoms with Crippen LogP contribution in [0.1, 0.15) is 12.0 Å². The minimum atomic E-state index is 0.0307. The third-order valence-corrected chi connectivity index (χ3v) is 4.13. The van der Waals surface area contributed by atoms with Gasteiger partial charge < -0.3 is 9.80 Å². The summed E-state index contributed by atoms with van der Waals surface area (Å²) in [5.41, 5.74) is 3.29. The molecule has 0 aromatic heterocycles. The van der Waals surface area contributed by atoms with Gasteiger partial charge in [0.15, 0.2) is 0 Å². The number of fused-ring (bicyclic) bond motifs is 1. The number of nitrogens with zero attached hydrogens (tertiary/aromatic N) is 3. The summed E-state index contributed by atoms with van der Waals surface area (Å²) >= 11 is 0. The first kappa shape index (κ1) is 15.1. The Morgan fingerprint density at radius 3 is 2.65 bits per heavy atom. The fourth-order valence-corrected chi connectivity index (χ4v) is 2.99. The van der Waals surface area contributed by atoms with Gasteiger partial charge >= 0.3 is 0 Å². The van der Waals surface area contributed by atoms with Crippen molar-refractivity contribution in [3.63, 3.8) is 0 Å². The first-order valence-corrected chi connectivity index (χ1v) is 7.85. The Labute approximate surface area is 136 Å². The van der Waals surface area contributed by atoms with Gasteiger partial charge in [-0.15, -0.1) is 0 Å². The van der Waals surface area contributed by atoms with Gasteiger partial charge in [0.1, 0.15) is 0 Å². The molecule has 0 bridgehead atoms. The molecule has 4 heteroatoms. The molecule has 4 nitrogen and oxygen atoms in total. The van der Waals surface area contributed by atoms with Crippen LogP contribution >= 0.6 is 0 Å². The summed E-state index contributed by atoms with van der Waals surface area (Å²) in [6.07, 6.45) is 1.31. The van der Waals surface area contributed by atoms with E-state index in [-0.39, 0.29) is 5.91 Å². The van der Waals surface area contributed by atoms with Crippen LogP contribution in [0.4, 0.5) is 11.4 Å². The molecule has 0 aliphatic carbocycles. The number of amides is 1. The zero-order valence-corrected chi connectivity index (χ0v) is 13.0. The van der Waals surface area contributed by atoms with Crippen LogP contribution in [-0.2, 0) is 11.2 Å². The van der Waals surface area contributed by atoms with Gasteiger partial charge in [-0.25, -0.2) is 0 Å². The van der Waals surface area contributed by atoms with E-state index in [0.29, 0.717) is 19.5 Å². The van der Waals surface area contributed by atoms with Crippen molar-refractivity contribution in [2.24, 2.45) is 0 Å². The van der Waals surface area contributed by atoms with Crippen LogP contribution in [0.2, 0.25) is 0 Å². The number of hydrogen-bond donors (Lipinski definition) is 0. The molecular formula is C19H19N3O. The van der Waals surface area contributed by atoms with Crippen LogP contribution in [0, 0.1) is 11.3 Å². The highest BCUT2D eigenvalue weighted by Crippen LogP contribution is 2.27. The van der Waals surface area contributed by atoms with E-state index < -0.39 is 0 Å². The molecule has 2 aromatic carbocycles. The van der Waals surface area contributed by atoms with Crippen LogP contribution in [0.5, 0.6) is 0 Å². The van der Waals surface area contributed by atoms with E-state index in [2.05, 4.69) is 23.1 Å². The Morgan fingerprint density at radius 1 is 1.13 bits per heavy atom. The van der Waals surface area contributed by atoms with Crippen molar-refractivity contribution in [2.45, 2.75) is 12.8 Å².